The fraction of sp³-hybridized carbons (Fsp3) is 0.143. The van der Waals surface area contributed by atoms with Gasteiger partial charge in [0.1, 0.15) is 5.82 Å². The standard InChI is InChI=1S/C14H13N3S/c1-10(13-7-4-8-18-13)16-14-9-15-11-5-2-3-6-12(11)17-14/h2-10H,1H3,(H,16,17). The van der Waals surface area contributed by atoms with Crippen molar-refractivity contribution in [3.05, 3.63) is 52.9 Å². The molecule has 90 valence electrons. The minimum absolute atomic E-state index is 0.250. The van der Waals surface area contributed by atoms with Crippen molar-refractivity contribution in [3.63, 3.8) is 0 Å². The van der Waals surface area contributed by atoms with Gasteiger partial charge in [-0.2, -0.15) is 0 Å². The molecule has 0 saturated carbocycles. The zero-order valence-electron chi connectivity index (χ0n) is 10.00. The van der Waals surface area contributed by atoms with Gasteiger partial charge in [0.15, 0.2) is 0 Å². The van der Waals surface area contributed by atoms with Crippen LogP contribution in [0, 0.1) is 0 Å². The SMILES string of the molecule is CC(Nc1cnc2ccccc2n1)c1cccs1. The predicted molar refractivity (Wildman–Crippen MR) is 75.9 cm³/mol. The molecule has 0 aliphatic carbocycles. The Morgan fingerprint density at radius 1 is 1.11 bits per heavy atom. The maximum Gasteiger partial charge on any atom is 0.145 e. The number of thiophene rings is 1. The lowest BCUT2D eigenvalue weighted by Crippen LogP contribution is -2.06. The van der Waals surface area contributed by atoms with Crippen LogP contribution in [0.5, 0.6) is 0 Å². The normalized spacial score (nSPS) is 12.5. The lowest BCUT2D eigenvalue weighted by molar-refractivity contribution is 0.896. The van der Waals surface area contributed by atoms with Crippen LogP contribution in [0.4, 0.5) is 5.82 Å². The topological polar surface area (TPSA) is 37.8 Å². The fourth-order valence-electron chi connectivity index (χ4n) is 1.86. The predicted octanol–water partition coefficient (Wildman–Crippen LogP) is 3.86. The highest BCUT2D eigenvalue weighted by atomic mass is 32.1. The van der Waals surface area contributed by atoms with E-state index >= 15 is 0 Å². The van der Waals surface area contributed by atoms with Gasteiger partial charge < -0.3 is 5.32 Å². The number of para-hydroxylation sites is 2. The smallest absolute Gasteiger partial charge is 0.145 e. The van der Waals surface area contributed by atoms with Crippen LogP contribution in [0.1, 0.15) is 17.8 Å². The Balaban J connectivity index is 1.86. The third-order valence-corrected chi connectivity index (χ3v) is 3.84. The number of fused-ring (bicyclic) bond motifs is 1. The third-order valence-electron chi connectivity index (χ3n) is 2.78. The van der Waals surface area contributed by atoms with E-state index in [1.54, 1.807) is 17.5 Å². The number of hydrogen-bond acceptors (Lipinski definition) is 4. The van der Waals surface area contributed by atoms with E-state index in [4.69, 9.17) is 0 Å². The summed E-state index contributed by atoms with van der Waals surface area (Å²) >= 11 is 1.74. The summed E-state index contributed by atoms with van der Waals surface area (Å²) in [5.41, 5.74) is 1.84. The Bertz CT molecular complexity index is 649. The molecule has 0 radical (unpaired) electrons. The van der Waals surface area contributed by atoms with Crippen LogP contribution in [-0.4, -0.2) is 9.97 Å². The number of aromatic nitrogens is 2. The van der Waals surface area contributed by atoms with Crippen LogP contribution in [-0.2, 0) is 0 Å². The van der Waals surface area contributed by atoms with Crippen LogP contribution in [0.25, 0.3) is 11.0 Å². The number of rotatable bonds is 3. The van der Waals surface area contributed by atoms with E-state index in [9.17, 15) is 0 Å². The summed E-state index contributed by atoms with van der Waals surface area (Å²) in [6.45, 7) is 2.13. The molecule has 0 spiro atoms. The first-order valence-corrected chi connectivity index (χ1v) is 6.72. The molecular formula is C14H13N3S. The summed E-state index contributed by atoms with van der Waals surface area (Å²) in [5.74, 6) is 0.814. The summed E-state index contributed by atoms with van der Waals surface area (Å²) in [6.07, 6.45) is 1.78. The van der Waals surface area contributed by atoms with Crippen molar-refractivity contribution >= 4 is 28.2 Å². The van der Waals surface area contributed by atoms with Crippen LogP contribution in [0.2, 0.25) is 0 Å². The van der Waals surface area contributed by atoms with E-state index in [0.29, 0.717) is 0 Å². The van der Waals surface area contributed by atoms with Gasteiger partial charge in [-0.05, 0) is 30.5 Å². The summed E-state index contributed by atoms with van der Waals surface area (Å²) in [6, 6.07) is 12.3. The number of nitrogens with one attached hydrogen (secondary N) is 1. The summed E-state index contributed by atoms with van der Waals surface area (Å²) in [4.78, 5) is 10.2. The Hall–Kier alpha value is -1.94. The van der Waals surface area contributed by atoms with Crippen LogP contribution >= 0.6 is 11.3 Å². The van der Waals surface area contributed by atoms with Crippen molar-refractivity contribution < 1.29 is 0 Å². The molecule has 18 heavy (non-hydrogen) atoms. The van der Waals surface area contributed by atoms with Crippen molar-refractivity contribution in [2.45, 2.75) is 13.0 Å². The highest BCUT2D eigenvalue weighted by Crippen LogP contribution is 2.22. The molecule has 0 saturated heterocycles. The van der Waals surface area contributed by atoms with Gasteiger partial charge in [0.2, 0.25) is 0 Å². The van der Waals surface area contributed by atoms with Crippen molar-refractivity contribution in [2.24, 2.45) is 0 Å². The molecule has 1 aromatic carbocycles. The van der Waals surface area contributed by atoms with Gasteiger partial charge in [-0.15, -0.1) is 11.3 Å². The van der Waals surface area contributed by atoms with Crippen molar-refractivity contribution in [2.75, 3.05) is 5.32 Å². The Kier molecular flexibility index (Phi) is 2.94. The van der Waals surface area contributed by atoms with Crippen molar-refractivity contribution in [3.8, 4) is 0 Å². The average molecular weight is 255 g/mol. The average Bonchev–Trinajstić information content (AvgIpc) is 2.92. The number of nitrogens with zero attached hydrogens (tertiary/aromatic N) is 2. The molecule has 0 aliphatic heterocycles. The molecular weight excluding hydrogens is 242 g/mol. The summed E-state index contributed by atoms with van der Waals surface area (Å²) in [5, 5.41) is 5.46. The molecule has 3 rings (SSSR count). The molecule has 0 bridgehead atoms. The molecule has 2 aromatic heterocycles. The van der Waals surface area contributed by atoms with E-state index in [-0.39, 0.29) is 6.04 Å². The maximum atomic E-state index is 4.56. The molecule has 0 fully saturated rings. The van der Waals surface area contributed by atoms with E-state index in [1.165, 1.54) is 4.88 Å². The minimum Gasteiger partial charge on any atom is -0.361 e. The Labute approximate surface area is 110 Å². The first kappa shape index (κ1) is 11.2. The quantitative estimate of drug-likeness (QED) is 0.772. The van der Waals surface area contributed by atoms with Gasteiger partial charge >= 0.3 is 0 Å². The number of benzene rings is 1. The Morgan fingerprint density at radius 3 is 2.72 bits per heavy atom. The first-order chi connectivity index (χ1) is 8.83. The maximum absolute atomic E-state index is 4.56. The van der Waals surface area contributed by atoms with E-state index < -0.39 is 0 Å². The molecule has 1 unspecified atom stereocenters. The zero-order chi connectivity index (χ0) is 12.4. The van der Waals surface area contributed by atoms with Gasteiger partial charge in [-0.3, -0.25) is 4.98 Å². The molecule has 3 aromatic rings. The van der Waals surface area contributed by atoms with Crippen LogP contribution < -0.4 is 5.32 Å². The Morgan fingerprint density at radius 2 is 1.94 bits per heavy atom. The lowest BCUT2D eigenvalue weighted by Gasteiger charge is -2.12. The molecule has 2 heterocycles. The van der Waals surface area contributed by atoms with Gasteiger partial charge in [0, 0.05) is 4.88 Å². The number of hydrogen-bond donors (Lipinski definition) is 1. The first-order valence-electron chi connectivity index (χ1n) is 5.84. The second-order valence-corrected chi connectivity index (χ2v) is 5.10. The van der Waals surface area contributed by atoms with Crippen molar-refractivity contribution in [1.29, 1.82) is 0 Å². The lowest BCUT2D eigenvalue weighted by atomic mass is 10.2. The van der Waals surface area contributed by atoms with Crippen LogP contribution in [0.3, 0.4) is 0 Å². The van der Waals surface area contributed by atoms with Gasteiger partial charge in [0.25, 0.3) is 0 Å². The monoisotopic (exact) mass is 255 g/mol. The second-order valence-electron chi connectivity index (χ2n) is 4.13. The molecule has 0 aliphatic rings. The minimum atomic E-state index is 0.250. The largest absolute Gasteiger partial charge is 0.361 e. The van der Waals surface area contributed by atoms with Crippen molar-refractivity contribution in [1.82, 2.24) is 9.97 Å². The molecule has 3 nitrogen and oxygen atoms in total. The van der Waals surface area contributed by atoms with E-state index in [1.807, 2.05) is 24.3 Å². The third kappa shape index (κ3) is 2.19. The van der Waals surface area contributed by atoms with Gasteiger partial charge in [-0.25, -0.2) is 4.98 Å². The zero-order valence-corrected chi connectivity index (χ0v) is 10.8. The van der Waals surface area contributed by atoms with E-state index in [2.05, 4.69) is 39.7 Å². The molecule has 1 atom stereocenters. The second kappa shape index (κ2) is 4.74. The highest BCUT2D eigenvalue weighted by Gasteiger charge is 2.07. The highest BCUT2D eigenvalue weighted by molar-refractivity contribution is 7.10. The number of anilines is 1. The summed E-state index contributed by atoms with van der Waals surface area (Å²) in [7, 11) is 0. The molecule has 1 N–H and O–H groups in total. The fourth-order valence-corrected chi connectivity index (χ4v) is 2.59. The summed E-state index contributed by atoms with van der Waals surface area (Å²) < 4.78 is 0. The van der Waals surface area contributed by atoms with Gasteiger partial charge in [-0.1, -0.05) is 18.2 Å². The molecule has 4 heteroatoms. The molecule has 0 amide bonds. The van der Waals surface area contributed by atoms with E-state index in [0.717, 1.165) is 16.9 Å². The van der Waals surface area contributed by atoms with Gasteiger partial charge in [0.05, 0.1) is 23.3 Å². The van der Waals surface area contributed by atoms with Crippen LogP contribution in [0.15, 0.2) is 48.0 Å².